The lowest BCUT2D eigenvalue weighted by Gasteiger charge is -2.39. The number of benzene rings is 1. The highest BCUT2D eigenvalue weighted by molar-refractivity contribution is 5.52. The highest BCUT2D eigenvalue weighted by Gasteiger charge is 2.27. The molecule has 1 heterocycles. The van der Waals surface area contributed by atoms with Gasteiger partial charge >= 0.3 is 0 Å². The zero-order valence-electron chi connectivity index (χ0n) is 15.0. The van der Waals surface area contributed by atoms with E-state index in [1.807, 2.05) is 47.6 Å². The van der Waals surface area contributed by atoms with Crippen LogP contribution in [0, 0.1) is 6.92 Å². The minimum absolute atomic E-state index is 0.122. The molecule has 0 saturated carbocycles. The van der Waals surface area contributed by atoms with Crippen LogP contribution in [0.4, 0.5) is 14.5 Å². The van der Waals surface area contributed by atoms with E-state index in [1.54, 1.807) is 19.1 Å². The van der Waals surface area contributed by atoms with Gasteiger partial charge < -0.3 is 9.64 Å². The summed E-state index contributed by atoms with van der Waals surface area (Å²) < 4.78 is 31.4. The van der Waals surface area contributed by atoms with E-state index < -0.39 is 6.43 Å². The van der Waals surface area contributed by atoms with Crippen LogP contribution in [0.3, 0.4) is 0 Å². The molecule has 0 spiro atoms. The quantitative estimate of drug-likeness (QED) is 0.704. The first-order chi connectivity index (χ1) is 10.4. The molecule has 1 aliphatic rings. The summed E-state index contributed by atoms with van der Waals surface area (Å²) in [6, 6.07) is 5.27. The Morgan fingerprint density at radius 2 is 1.73 bits per heavy atom. The lowest BCUT2D eigenvalue weighted by molar-refractivity contribution is -0.0277. The van der Waals surface area contributed by atoms with Crippen LogP contribution < -0.4 is 4.90 Å². The number of rotatable bonds is 2. The maximum atomic E-state index is 12.9. The van der Waals surface area contributed by atoms with Crippen LogP contribution in [-0.2, 0) is 4.74 Å². The van der Waals surface area contributed by atoms with Crippen molar-refractivity contribution in [3.8, 4) is 0 Å². The van der Waals surface area contributed by atoms with Gasteiger partial charge in [0, 0.05) is 24.3 Å². The summed E-state index contributed by atoms with van der Waals surface area (Å²) in [5.74, 6) is 0. The molecule has 2 rings (SSSR count). The van der Waals surface area contributed by atoms with Crippen LogP contribution in [0.15, 0.2) is 18.2 Å². The van der Waals surface area contributed by atoms with Crippen molar-refractivity contribution in [1.29, 1.82) is 0 Å². The Hall–Kier alpha value is -1.16. The molecular weight excluding hydrogens is 284 g/mol. The SMILES string of the molecule is CC.CC.Cc1ccc(N2CCOC(C)(C)C2)cc1C(F)F. The molecule has 1 saturated heterocycles. The summed E-state index contributed by atoms with van der Waals surface area (Å²) in [7, 11) is 0. The molecule has 0 atom stereocenters. The Labute approximate surface area is 134 Å². The van der Waals surface area contributed by atoms with E-state index in [0.717, 1.165) is 18.8 Å². The minimum Gasteiger partial charge on any atom is -0.372 e. The van der Waals surface area contributed by atoms with Gasteiger partial charge in [-0.05, 0) is 38.5 Å². The first-order valence-electron chi connectivity index (χ1n) is 8.17. The van der Waals surface area contributed by atoms with Gasteiger partial charge in [0.2, 0.25) is 0 Å². The molecule has 1 fully saturated rings. The maximum Gasteiger partial charge on any atom is 0.264 e. The van der Waals surface area contributed by atoms with Crippen LogP contribution in [0.25, 0.3) is 0 Å². The van der Waals surface area contributed by atoms with Crippen molar-refractivity contribution < 1.29 is 13.5 Å². The fourth-order valence-corrected chi connectivity index (χ4v) is 2.30. The predicted octanol–water partition coefficient (Wildman–Crippen LogP) is 5.60. The third-order valence-electron chi connectivity index (χ3n) is 3.29. The largest absolute Gasteiger partial charge is 0.372 e. The summed E-state index contributed by atoms with van der Waals surface area (Å²) in [4.78, 5) is 2.11. The normalized spacial score (nSPS) is 16.4. The summed E-state index contributed by atoms with van der Waals surface area (Å²) in [5, 5.41) is 0. The average Bonchev–Trinajstić information content (AvgIpc) is 2.50. The monoisotopic (exact) mass is 315 g/mol. The van der Waals surface area contributed by atoms with E-state index in [9.17, 15) is 8.78 Å². The van der Waals surface area contributed by atoms with Gasteiger partial charge in [-0.25, -0.2) is 8.78 Å². The van der Waals surface area contributed by atoms with E-state index >= 15 is 0 Å². The van der Waals surface area contributed by atoms with Gasteiger partial charge in [-0.3, -0.25) is 0 Å². The number of anilines is 1. The van der Waals surface area contributed by atoms with Crippen molar-refractivity contribution in [2.45, 2.75) is 60.5 Å². The fraction of sp³-hybridized carbons (Fsp3) is 0.667. The van der Waals surface area contributed by atoms with Crippen molar-refractivity contribution >= 4 is 5.69 Å². The van der Waals surface area contributed by atoms with Gasteiger partial charge in [0.15, 0.2) is 0 Å². The van der Waals surface area contributed by atoms with Crippen molar-refractivity contribution in [1.82, 2.24) is 0 Å². The van der Waals surface area contributed by atoms with Gasteiger partial charge in [0.1, 0.15) is 0 Å². The molecular formula is C18H31F2NO. The Bertz CT molecular complexity index is 433. The van der Waals surface area contributed by atoms with Crippen molar-refractivity contribution in [3.05, 3.63) is 29.3 Å². The summed E-state index contributed by atoms with van der Waals surface area (Å²) in [6.07, 6.45) is -2.42. The van der Waals surface area contributed by atoms with E-state index in [4.69, 9.17) is 4.74 Å². The number of morpholine rings is 1. The maximum absolute atomic E-state index is 12.9. The molecule has 0 N–H and O–H groups in total. The first-order valence-corrected chi connectivity index (χ1v) is 8.17. The van der Waals surface area contributed by atoms with Crippen LogP contribution >= 0.6 is 0 Å². The summed E-state index contributed by atoms with van der Waals surface area (Å²) in [5.41, 5.74) is 1.39. The minimum atomic E-state index is -2.42. The molecule has 1 aliphatic heterocycles. The van der Waals surface area contributed by atoms with E-state index in [2.05, 4.69) is 4.90 Å². The van der Waals surface area contributed by atoms with Crippen molar-refractivity contribution in [3.63, 3.8) is 0 Å². The number of ether oxygens (including phenoxy) is 1. The number of hydrogen-bond acceptors (Lipinski definition) is 2. The second-order valence-electron chi connectivity index (χ2n) is 5.37. The Kier molecular flexibility index (Phi) is 9.26. The molecule has 0 aromatic heterocycles. The molecule has 4 heteroatoms. The Balaban J connectivity index is 0.00000102. The summed E-state index contributed by atoms with van der Waals surface area (Å²) in [6.45, 7) is 15.8. The standard InChI is InChI=1S/C14H19F2NO.2C2H6/c1-10-4-5-11(8-12(10)13(15)16)17-6-7-18-14(2,3)9-17;2*1-2/h4-5,8,13H,6-7,9H2,1-3H3;2*1-2H3. The molecule has 0 radical (unpaired) electrons. The van der Waals surface area contributed by atoms with Crippen LogP contribution in [0.2, 0.25) is 0 Å². The predicted molar refractivity (Wildman–Crippen MR) is 91.1 cm³/mol. The molecule has 0 bridgehead atoms. The van der Waals surface area contributed by atoms with Gasteiger partial charge in [0.05, 0.1) is 12.2 Å². The molecule has 128 valence electrons. The molecule has 2 nitrogen and oxygen atoms in total. The third kappa shape index (κ3) is 5.91. The Morgan fingerprint density at radius 3 is 2.23 bits per heavy atom. The van der Waals surface area contributed by atoms with E-state index in [1.165, 1.54) is 0 Å². The molecule has 22 heavy (non-hydrogen) atoms. The number of alkyl halides is 2. The topological polar surface area (TPSA) is 12.5 Å². The van der Waals surface area contributed by atoms with Crippen molar-refractivity contribution in [2.24, 2.45) is 0 Å². The smallest absolute Gasteiger partial charge is 0.264 e. The molecule has 1 aromatic carbocycles. The van der Waals surface area contributed by atoms with Crippen molar-refractivity contribution in [2.75, 3.05) is 24.6 Å². The molecule has 0 aliphatic carbocycles. The zero-order chi connectivity index (χ0) is 17.3. The summed E-state index contributed by atoms with van der Waals surface area (Å²) >= 11 is 0. The molecule has 0 unspecified atom stereocenters. The second kappa shape index (κ2) is 9.78. The highest BCUT2D eigenvalue weighted by Crippen LogP contribution is 2.29. The number of nitrogens with zero attached hydrogens (tertiary/aromatic N) is 1. The van der Waals surface area contributed by atoms with Crippen LogP contribution in [-0.4, -0.2) is 25.3 Å². The number of halogens is 2. The third-order valence-corrected chi connectivity index (χ3v) is 3.29. The second-order valence-corrected chi connectivity index (χ2v) is 5.37. The van der Waals surface area contributed by atoms with E-state index in [-0.39, 0.29) is 11.2 Å². The number of aryl methyl sites for hydroxylation is 1. The highest BCUT2D eigenvalue weighted by atomic mass is 19.3. The van der Waals surface area contributed by atoms with Crippen LogP contribution in [0.1, 0.15) is 59.1 Å². The first kappa shape index (κ1) is 20.8. The van der Waals surface area contributed by atoms with Gasteiger partial charge in [-0.15, -0.1) is 0 Å². The molecule has 0 amide bonds. The lowest BCUT2D eigenvalue weighted by atomic mass is 10.0. The Morgan fingerprint density at radius 1 is 1.14 bits per heavy atom. The average molecular weight is 315 g/mol. The van der Waals surface area contributed by atoms with E-state index in [0.29, 0.717) is 12.2 Å². The van der Waals surface area contributed by atoms with Crippen LogP contribution in [0.5, 0.6) is 0 Å². The molecule has 1 aromatic rings. The number of hydrogen-bond donors (Lipinski definition) is 0. The zero-order valence-corrected chi connectivity index (χ0v) is 15.0. The van der Waals surface area contributed by atoms with Gasteiger partial charge in [-0.1, -0.05) is 33.8 Å². The van der Waals surface area contributed by atoms with Gasteiger partial charge in [-0.2, -0.15) is 0 Å². The fourth-order valence-electron chi connectivity index (χ4n) is 2.30. The lowest BCUT2D eigenvalue weighted by Crippen LogP contribution is -2.48. The van der Waals surface area contributed by atoms with Gasteiger partial charge in [0.25, 0.3) is 6.43 Å².